The van der Waals surface area contributed by atoms with Crippen LogP contribution in [-0.2, 0) is 20.7 Å². The highest BCUT2D eigenvalue weighted by Crippen LogP contribution is 2.18. The van der Waals surface area contributed by atoms with E-state index in [1.807, 2.05) is 24.3 Å². The Bertz CT molecular complexity index is 934. The van der Waals surface area contributed by atoms with Crippen molar-refractivity contribution in [3.63, 3.8) is 0 Å². The lowest BCUT2D eigenvalue weighted by Crippen LogP contribution is -2.50. The minimum Gasteiger partial charge on any atom is -0.484 e. The van der Waals surface area contributed by atoms with Crippen LogP contribution in [0.3, 0.4) is 0 Å². The molecular formula is C24H28N2O6. The summed E-state index contributed by atoms with van der Waals surface area (Å²) in [7, 11) is 1.37. The van der Waals surface area contributed by atoms with E-state index in [1.54, 1.807) is 36.1 Å². The molecule has 1 fully saturated rings. The van der Waals surface area contributed by atoms with Gasteiger partial charge in [0.2, 0.25) is 0 Å². The highest BCUT2D eigenvalue weighted by Gasteiger charge is 2.22. The number of rotatable bonds is 9. The van der Waals surface area contributed by atoms with Crippen molar-refractivity contribution in [2.24, 2.45) is 0 Å². The molecule has 1 heterocycles. The molecule has 0 spiro atoms. The number of amides is 1. The van der Waals surface area contributed by atoms with Crippen molar-refractivity contribution in [2.75, 3.05) is 44.8 Å². The van der Waals surface area contributed by atoms with Crippen LogP contribution >= 0.6 is 0 Å². The molecular weight excluding hydrogens is 412 g/mol. The summed E-state index contributed by atoms with van der Waals surface area (Å²) in [6.45, 7) is 4.12. The predicted molar refractivity (Wildman–Crippen MR) is 119 cm³/mol. The molecule has 32 heavy (non-hydrogen) atoms. The fraction of sp³-hybridized carbons (Fsp3) is 0.375. The van der Waals surface area contributed by atoms with Gasteiger partial charge in [0, 0.05) is 51.0 Å². The number of hydrogen-bond donors (Lipinski definition) is 1. The van der Waals surface area contributed by atoms with E-state index in [1.165, 1.54) is 7.11 Å². The van der Waals surface area contributed by atoms with Gasteiger partial charge in [-0.25, -0.2) is 4.79 Å². The molecule has 0 unspecified atom stereocenters. The summed E-state index contributed by atoms with van der Waals surface area (Å²) in [5.74, 6) is -0.491. The van der Waals surface area contributed by atoms with Crippen LogP contribution in [0.15, 0.2) is 48.5 Å². The number of carboxylic acid groups (broad SMARTS) is 1. The van der Waals surface area contributed by atoms with Crippen LogP contribution in [-0.4, -0.2) is 73.7 Å². The number of piperazine rings is 1. The van der Waals surface area contributed by atoms with E-state index >= 15 is 0 Å². The Balaban J connectivity index is 1.45. The topological polar surface area (TPSA) is 96.4 Å². The van der Waals surface area contributed by atoms with Crippen molar-refractivity contribution >= 4 is 23.3 Å². The molecule has 170 valence electrons. The molecule has 0 bridgehead atoms. The molecule has 0 radical (unpaired) electrons. The molecule has 1 atom stereocenters. The number of aliphatic carboxylic acids is 1. The van der Waals surface area contributed by atoms with E-state index in [0.29, 0.717) is 37.5 Å². The van der Waals surface area contributed by atoms with Crippen LogP contribution in [0.1, 0.15) is 22.8 Å². The van der Waals surface area contributed by atoms with E-state index in [0.717, 1.165) is 11.3 Å². The predicted octanol–water partition coefficient (Wildman–Crippen LogP) is 2.26. The summed E-state index contributed by atoms with van der Waals surface area (Å²) < 4.78 is 10.6. The summed E-state index contributed by atoms with van der Waals surface area (Å²) in [4.78, 5) is 39.0. The largest absolute Gasteiger partial charge is 0.484 e. The van der Waals surface area contributed by atoms with Crippen molar-refractivity contribution < 1.29 is 29.0 Å². The Morgan fingerprint density at radius 3 is 2.12 bits per heavy atom. The van der Waals surface area contributed by atoms with E-state index < -0.39 is 12.1 Å². The molecule has 1 saturated heterocycles. The van der Waals surface area contributed by atoms with Gasteiger partial charge in [0.05, 0.1) is 0 Å². The monoisotopic (exact) mass is 440 g/mol. The number of nitrogens with zero attached hydrogens (tertiary/aromatic N) is 2. The zero-order valence-corrected chi connectivity index (χ0v) is 18.3. The standard InChI is InChI=1S/C24H28N2O6/c1-17(27)19-5-7-20(8-6-19)25-11-13-26(14-12-25)23(28)16-32-21-9-3-18(4-10-21)15-22(31-2)24(29)30/h3-10,22H,11-16H2,1-2H3,(H,29,30)/t22-/m0/s1. The normalized spacial score (nSPS) is 14.7. The van der Waals surface area contributed by atoms with E-state index in [4.69, 9.17) is 14.6 Å². The summed E-state index contributed by atoms with van der Waals surface area (Å²) in [6.07, 6.45) is -0.638. The number of anilines is 1. The second-order valence-electron chi connectivity index (χ2n) is 7.67. The maximum absolute atomic E-state index is 12.5. The lowest BCUT2D eigenvalue weighted by Gasteiger charge is -2.36. The number of carboxylic acids is 1. The van der Waals surface area contributed by atoms with Crippen molar-refractivity contribution in [1.29, 1.82) is 0 Å². The van der Waals surface area contributed by atoms with Crippen molar-refractivity contribution in [1.82, 2.24) is 4.90 Å². The summed E-state index contributed by atoms with van der Waals surface area (Å²) >= 11 is 0. The van der Waals surface area contributed by atoms with Crippen molar-refractivity contribution in [3.05, 3.63) is 59.7 Å². The summed E-state index contributed by atoms with van der Waals surface area (Å²) in [6, 6.07) is 14.5. The Kier molecular flexibility index (Phi) is 7.83. The molecule has 1 N–H and O–H groups in total. The molecule has 0 aromatic heterocycles. The maximum Gasteiger partial charge on any atom is 0.333 e. The molecule has 8 nitrogen and oxygen atoms in total. The Labute approximate surface area is 187 Å². The van der Waals surface area contributed by atoms with Gasteiger partial charge in [0.25, 0.3) is 5.91 Å². The average Bonchev–Trinajstić information content (AvgIpc) is 2.81. The number of carbonyl (C=O) groups excluding carboxylic acids is 2. The summed E-state index contributed by atoms with van der Waals surface area (Å²) in [5.41, 5.74) is 2.54. The lowest BCUT2D eigenvalue weighted by molar-refractivity contribution is -0.148. The smallest absolute Gasteiger partial charge is 0.333 e. The molecule has 0 saturated carbocycles. The number of ketones is 1. The molecule has 1 aliphatic heterocycles. The third-order valence-corrected chi connectivity index (χ3v) is 5.54. The molecule has 1 amide bonds. The molecule has 1 aliphatic rings. The first-order valence-corrected chi connectivity index (χ1v) is 10.5. The Morgan fingerprint density at radius 2 is 1.59 bits per heavy atom. The van der Waals surface area contributed by atoms with Crippen molar-refractivity contribution in [3.8, 4) is 5.75 Å². The minimum absolute atomic E-state index is 0.0426. The zero-order chi connectivity index (χ0) is 23.1. The van der Waals surface area contributed by atoms with Crippen LogP contribution in [0.4, 0.5) is 5.69 Å². The SMILES string of the molecule is CO[C@@H](Cc1ccc(OCC(=O)N2CCN(c3ccc(C(C)=O)cc3)CC2)cc1)C(=O)O. The van der Waals surface area contributed by atoms with Crippen molar-refractivity contribution in [2.45, 2.75) is 19.4 Å². The Morgan fingerprint density at radius 1 is 0.969 bits per heavy atom. The molecule has 0 aliphatic carbocycles. The van der Waals surface area contributed by atoms with Gasteiger partial charge in [0.15, 0.2) is 18.5 Å². The van der Waals surface area contributed by atoms with Crippen LogP contribution in [0.25, 0.3) is 0 Å². The number of methoxy groups -OCH3 is 1. The number of hydrogen-bond acceptors (Lipinski definition) is 6. The average molecular weight is 440 g/mol. The molecule has 2 aromatic carbocycles. The summed E-state index contributed by atoms with van der Waals surface area (Å²) in [5, 5.41) is 9.06. The van der Waals surface area contributed by atoms with E-state index in [-0.39, 0.29) is 24.7 Å². The van der Waals surface area contributed by atoms with Gasteiger partial charge in [-0.05, 0) is 48.9 Å². The fourth-order valence-electron chi connectivity index (χ4n) is 3.56. The van der Waals surface area contributed by atoms with Crippen LogP contribution in [0, 0.1) is 0 Å². The quantitative estimate of drug-likeness (QED) is 0.598. The third-order valence-electron chi connectivity index (χ3n) is 5.54. The second kappa shape index (κ2) is 10.8. The second-order valence-corrected chi connectivity index (χ2v) is 7.67. The minimum atomic E-state index is -1.01. The number of benzene rings is 2. The van der Waals surface area contributed by atoms with Gasteiger partial charge in [-0.3, -0.25) is 9.59 Å². The number of Topliss-reactive ketones (excluding diaryl/α,β-unsaturated/α-hetero) is 1. The third kappa shape index (κ3) is 6.07. The van der Waals surface area contributed by atoms with Gasteiger partial charge in [-0.15, -0.1) is 0 Å². The first kappa shape index (κ1) is 23.3. The first-order chi connectivity index (χ1) is 15.4. The molecule has 2 aromatic rings. The van der Waals surface area contributed by atoms with Crippen LogP contribution < -0.4 is 9.64 Å². The first-order valence-electron chi connectivity index (χ1n) is 10.5. The lowest BCUT2D eigenvalue weighted by atomic mass is 10.1. The molecule has 3 rings (SSSR count). The zero-order valence-electron chi connectivity index (χ0n) is 18.3. The maximum atomic E-state index is 12.5. The number of carbonyl (C=O) groups is 3. The highest BCUT2D eigenvalue weighted by atomic mass is 16.5. The van der Waals surface area contributed by atoms with E-state index in [2.05, 4.69) is 4.90 Å². The van der Waals surface area contributed by atoms with Gasteiger partial charge < -0.3 is 24.4 Å². The van der Waals surface area contributed by atoms with Gasteiger partial charge in [-0.2, -0.15) is 0 Å². The van der Waals surface area contributed by atoms with Crippen LogP contribution in [0.2, 0.25) is 0 Å². The fourth-order valence-corrected chi connectivity index (χ4v) is 3.56. The van der Waals surface area contributed by atoms with Gasteiger partial charge in [0.1, 0.15) is 5.75 Å². The molecule has 8 heteroatoms. The van der Waals surface area contributed by atoms with E-state index in [9.17, 15) is 14.4 Å². The van der Waals surface area contributed by atoms with Gasteiger partial charge in [-0.1, -0.05) is 12.1 Å². The van der Waals surface area contributed by atoms with Crippen LogP contribution in [0.5, 0.6) is 5.75 Å². The number of ether oxygens (including phenoxy) is 2. The highest BCUT2D eigenvalue weighted by molar-refractivity contribution is 5.94. The Hall–Kier alpha value is -3.39. The van der Waals surface area contributed by atoms with Gasteiger partial charge >= 0.3 is 5.97 Å².